The quantitative estimate of drug-likeness (QED) is 0.478. The second-order valence-corrected chi connectivity index (χ2v) is 9.76. The summed E-state index contributed by atoms with van der Waals surface area (Å²) in [5.41, 5.74) is 3.30. The molecule has 0 fully saturated rings. The highest BCUT2D eigenvalue weighted by atomic mass is 16.5. The minimum absolute atomic E-state index is 0.213. The SMILES string of the molecule is COc1cc2c(cc1[C@@H](C)O[C@H](C)c1cc3c(cc1OC)OC(C)(C)C=C3)C=CC(C)(C)O2. The Kier molecular flexibility index (Phi) is 5.95. The minimum Gasteiger partial charge on any atom is -0.496 e. The largest absolute Gasteiger partial charge is 0.496 e. The van der Waals surface area contributed by atoms with Crippen molar-refractivity contribution in [2.24, 2.45) is 0 Å². The molecule has 2 aromatic carbocycles. The van der Waals surface area contributed by atoms with Gasteiger partial charge in [0.05, 0.1) is 26.4 Å². The molecule has 2 atom stereocenters. The second kappa shape index (κ2) is 8.45. The number of hydrogen-bond acceptors (Lipinski definition) is 5. The highest BCUT2D eigenvalue weighted by molar-refractivity contribution is 5.66. The number of benzene rings is 2. The Bertz CT molecular complexity index is 1020. The van der Waals surface area contributed by atoms with Crippen molar-refractivity contribution in [1.82, 2.24) is 0 Å². The van der Waals surface area contributed by atoms with Gasteiger partial charge in [0.25, 0.3) is 0 Å². The van der Waals surface area contributed by atoms with E-state index in [1.165, 1.54) is 0 Å². The molecule has 0 amide bonds. The molecule has 0 N–H and O–H groups in total. The van der Waals surface area contributed by atoms with Crippen molar-refractivity contribution >= 4 is 12.2 Å². The summed E-state index contributed by atoms with van der Waals surface area (Å²) in [4.78, 5) is 0. The van der Waals surface area contributed by atoms with E-state index in [2.05, 4.69) is 36.4 Å². The topological polar surface area (TPSA) is 46.2 Å². The minimum atomic E-state index is -0.341. The van der Waals surface area contributed by atoms with Crippen molar-refractivity contribution in [2.45, 2.75) is 65.0 Å². The Morgan fingerprint density at radius 2 is 1.06 bits per heavy atom. The van der Waals surface area contributed by atoms with Crippen LogP contribution < -0.4 is 18.9 Å². The van der Waals surface area contributed by atoms with Gasteiger partial charge in [-0.3, -0.25) is 0 Å². The van der Waals surface area contributed by atoms with E-state index in [9.17, 15) is 0 Å². The standard InChI is InChI=1S/C28H34O5/c1-17(21-13-19-9-11-27(3,4)32-23(19)15-25(21)29-7)31-18(2)22-14-20-10-12-28(5,6)33-24(20)16-26(22)30-8/h9-18H,1-8H3/t17-,18-/m1/s1. The van der Waals surface area contributed by atoms with Crippen LogP contribution in [0.15, 0.2) is 36.4 Å². The van der Waals surface area contributed by atoms with Gasteiger partial charge >= 0.3 is 0 Å². The summed E-state index contributed by atoms with van der Waals surface area (Å²) in [6.07, 6.45) is 7.89. The van der Waals surface area contributed by atoms with E-state index >= 15 is 0 Å². The van der Waals surface area contributed by atoms with Crippen LogP contribution in [-0.2, 0) is 4.74 Å². The molecule has 0 radical (unpaired) electrons. The van der Waals surface area contributed by atoms with Gasteiger partial charge < -0.3 is 23.7 Å². The lowest BCUT2D eigenvalue weighted by Crippen LogP contribution is -2.27. The van der Waals surface area contributed by atoms with Crippen LogP contribution in [0.5, 0.6) is 23.0 Å². The molecule has 2 aliphatic heterocycles. The van der Waals surface area contributed by atoms with E-state index in [4.69, 9.17) is 23.7 Å². The summed E-state index contributed by atoms with van der Waals surface area (Å²) in [6.45, 7) is 12.2. The average molecular weight is 451 g/mol. The van der Waals surface area contributed by atoms with Crippen LogP contribution in [0.2, 0.25) is 0 Å². The van der Waals surface area contributed by atoms with Gasteiger partial charge in [-0.2, -0.15) is 0 Å². The molecule has 0 saturated carbocycles. The summed E-state index contributed by atoms with van der Waals surface area (Å²) in [5, 5.41) is 0. The first-order valence-electron chi connectivity index (χ1n) is 11.4. The number of ether oxygens (including phenoxy) is 5. The number of rotatable bonds is 6. The van der Waals surface area contributed by atoms with Crippen LogP contribution in [0.3, 0.4) is 0 Å². The highest BCUT2D eigenvalue weighted by Gasteiger charge is 2.27. The van der Waals surface area contributed by atoms with Gasteiger partial charge in [-0.05, 0) is 65.8 Å². The molecule has 0 aliphatic carbocycles. The molecular formula is C28H34O5. The van der Waals surface area contributed by atoms with E-state index in [1.54, 1.807) is 14.2 Å². The summed E-state index contributed by atoms with van der Waals surface area (Å²) in [5.74, 6) is 3.12. The molecule has 5 heteroatoms. The highest BCUT2D eigenvalue weighted by Crippen LogP contribution is 2.43. The zero-order valence-corrected chi connectivity index (χ0v) is 20.8. The number of hydrogen-bond donors (Lipinski definition) is 0. The van der Waals surface area contributed by atoms with Gasteiger partial charge in [0.1, 0.15) is 34.2 Å². The van der Waals surface area contributed by atoms with Crippen molar-refractivity contribution in [1.29, 1.82) is 0 Å². The third-order valence-electron chi connectivity index (χ3n) is 6.08. The zero-order valence-electron chi connectivity index (χ0n) is 20.8. The Morgan fingerprint density at radius 1 is 0.667 bits per heavy atom. The predicted molar refractivity (Wildman–Crippen MR) is 131 cm³/mol. The van der Waals surface area contributed by atoms with Gasteiger partial charge in [-0.25, -0.2) is 0 Å². The van der Waals surface area contributed by atoms with Crippen LogP contribution in [0, 0.1) is 0 Å². The van der Waals surface area contributed by atoms with E-state index in [0.29, 0.717) is 0 Å². The monoisotopic (exact) mass is 450 g/mol. The Labute approximate surface area is 197 Å². The predicted octanol–water partition coefficient (Wildman–Crippen LogP) is 6.91. The maximum atomic E-state index is 6.48. The molecular weight excluding hydrogens is 416 g/mol. The van der Waals surface area contributed by atoms with Gasteiger partial charge in [0, 0.05) is 34.4 Å². The molecule has 2 aromatic rings. The molecule has 0 saturated heterocycles. The zero-order chi connectivity index (χ0) is 24.0. The van der Waals surface area contributed by atoms with Gasteiger partial charge in [-0.1, -0.05) is 12.2 Å². The Hall–Kier alpha value is -2.92. The van der Waals surface area contributed by atoms with E-state index in [-0.39, 0.29) is 23.4 Å². The molecule has 5 nitrogen and oxygen atoms in total. The molecule has 0 spiro atoms. The Morgan fingerprint density at radius 3 is 1.42 bits per heavy atom. The maximum Gasteiger partial charge on any atom is 0.131 e. The van der Waals surface area contributed by atoms with Crippen LogP contribution in [0.1, 0.15) is 76.0 Å². The van der Waals surface area contributed by atoms with Crippen LogP contribution in [0.4, 0.5) is 0 Å². The summed E-state index contributed by atoms with van der Waals surface area (Å²) in [7, 11) is 3.34. The molecule has 4 rings (SSSR count). The molecule has 33 heavy (non-hydrogen) atoms. The second-order valence-electron chi connectivity index (χ2n) is 9.76. The first kappa shape index (κ1) is 23.2. The molecule has 0 bridgehead atoms. The molecule has 0 unspecified atom stereocenters. The van der Waals surface area contributed by atoms with Crippen molar-refractivity contribution < 1.29 is 23.7 Å². The molecule has 2 heterocycles. The molecule has 2 aliphatic rings. The fraction of sp³-hybridized carbons (Fsp3) is 0.429. The van der Waals surface area contributed by atoms with Crippen LogP contribution >= 0.6 is 0 Å². The summed E-state index contributed by atoms with van der Waals surface area (Å²) in [6, 6.07) is 8.06. The van der Waals surface area contributed by atoms with Crippen molar-refractivity contribution in [3.05, 3.63) is 58.7 Å². The van der Waals surface area contributed by atoms with E-state index < -0.39 is 0 Å². The van der Waals surface area contributed by atoms with Gasteiger partial charge in [0.2, 0.25) is 0 Å². The maximum absolute atomic E-state index is 6.48. The van der Waals surface area contributed by atoms with Gasteiger partial charge in [-0.15, -0.1) is 0 Å². The fourth-order valence-electron chi connectivity index (χ4n) is 4.29. The first-order chi connectivity index (χ1) is 15.5. The normalized spacial score (nSPS) is 18.9. The lowest BCUT2D eigenvalue weighted by atomic mass is 9.97. The molecule has 176 valence electrons. The first-order valence-corrected chi connectivity index (χ1v) is 11.4. The average Bonchev–Trinajstić information content (AvgIpc) is 2.75. The van der Waals surface area contributed by atoms with E-state index in [0.717, 1.165) is 45.3 Å². The molecule has 0 aromatic heterocycles. The summed E-state index contributed by atoms with van der Waals surface area (Å²) < 4.78 is 30.1. The summed E-state index contributed by atoms with van der Waals surface area (Å²) >= 11 is 0. The van der Waals surface area contributed by atoms with Crippen LogP contribution in [0.25, 0.3) is 12.2 Å². The number of fused-ring (bicyclic) bond motifs is 2. The third-order valence-corrected chi connectivity index (χ3v) is 6.08. The van der Waals surface area contributed by atoms with Crippen molar-refractivity contribution in [3.8, 4) is 23.0 Å². The third kappa shape index (κ3) is 4.74. The smallest absolute Gasteiger partial charge is 0.131 e. The van der Waals surface area contributed by atoms with Crippen LogP contribution in [-0.4, -0.2) is 25.4 Å². The lowest BCUT2D eigenvalue weighted by molar-refractivity contribution is 0.00346. The van der Waals surface area contributed by atoms with E-state index in [1.807, 2.05) is 53.7 Å². The lowest BCUT2D eigenvalue weighted by Gasteiger charge is -2.30. The van der Waals surface area contributed by atoms with Crippen molar-refractivity contribution in [2.75, 3.05) is 14.2 Å². The fourth-order valence-corrected chi connectivity index (χ4v) is 4.29. The number of methoxy groups -OCH3 is 2. The Balaban J connectivity index is 1.61. The van der Waals surface area contributed by atoms with Crippen molar-refractivity contribution in [3.63, 3.8) is 0 Å². The van der Waals surface area contributed by atoms with Gasteiger partial charge in [0.15, 0.2) is 0 Å².